The Morgan fingerprint density at radius 1 is 1.27 bits per heavy atom. The summed E-state index contributed by atoms with van der Waals surface area (Å²) in [5.41, 5.74) is 1.47. The second-order valence-electron chi connectivity index (χ2n) is 5.66. The lowest BCUT2D eigenvalue weighted by atomic mass is 10.0. The zero-order valence-electron chi connectivity index (χ0n) is 12.3. The van der Waals surface area contributed by atoms with Gasteiger partial charge in [0.1, 0.15) is 12.7 Å². The third-order valence-corrected chi connectivity index (χ3v) is 4.22. The fourth-order valence-corrected chi connectivity index (χ4v) is 2.90. The van der Waals surface area contributed by atoms with Gasteiger partial charge < -0.3 is 10.0 Å². The monoisotopic (exact) mass is 297 g/mol. The first-order chi connectivity index (χ1) is 10.8. The Morgan fingerprint density at radius 3 is 2.59 bits per heavy atom. The van der Waals surface area contributed by atoms with E-state index in [9.17, 15) is 5.11 Å². The lowest BCUT2D eigenvalue weighted by Crippen LogP contribution is -2.37. The summed E-state index contributed by atoms with van der Waals surface area (Å²) in [5, 5.41) is 23.3. The highest BCUT2D eigenvalue weighted by Gasteiger charge is 2.22. The first kappa shape index (κ1) is 14.7. The van der Waals surface area contributed by atoms with Gasteiger partial charge in [-0.3, -0.25) is 0 Å². The van der Waals surface area contributed by atoms with Gasteiger partial charge in [-0.2, -0.15) is 10.4 Å². The molecule has 6 heteroatoms. The van der Waals surface area contributed by atoms with Crippen LogP contribution in [0.3, 0.4) is 0 Å². The highest BCUT2D eigenvalue weighted by Crippen LogP contribution is 2.23. The van der Waals surface area contributed by atoms with E-state index in [1.807, 2.05) is 16.8 Å². The average molecular weight is 297 g/mol. The third kappa shape index (κ3) is 3.32. The first-order valence-electron chi connectivity index (χ1n) is 7.51. The van der Waals surface area contributed by atoms with Crippen LogP contribution in [-0.2, 0) is 0 Å². The van der Waals surface area contributed by atoms with Gasteiger partial charge in [0.15, 0.2) is 0 Å². The summed E-state index contributed by atoms with van der Waals surface area (Å²) in [6.45, 7) is 2.51. The zero-order chi connectivity index (χ0) is 15.4. The summed E-state index contributed by atoms with van der Waals surface area (Å²) >= 11 is 0. The molecule has 1 aliphatic heterocycles. The Labute approximate surface area is 129 Å². The van der Waals surface area contributed by atoms with Crippen LogP contribution in [0.15, 0.2) is 36.9 Å². The lowest BCUT2D eigenvalue weighted by molar-refractivity contribution is 0.0889. The van der Waals surface area contributed by atoms with Crippen molar-refractivity contribution < 1.29 is 5.11 Å². The number of β-amino-alcohol motifs (C(OH)–C–C–N with tert-alkyl or cyclic N) is 1. The molecular weight excluding hydrogens is 278 g/mol. The minimum Gasteiger partial charge on any atom is -0.387 e. The van der Waals surface area contributed by atoms with E-state index in [2.05, 4.69) is 21.1 Å². The van der Waals surface area contributed by atoms with E-state index in [1.54, 1.807) is 24.8 Å². The summed E-state index contributed by atoms with van der Waals surface area (Å²) in [6.07, 6.45) is 4.86. The zero-order valence-corrected chi connectivity index (χ0v) is 12.3. The molecule has 0 spiro atoms. The number of rotatable bonds is 4. The standard InChI is InChI=1S/C16H19N5O/c17-9-13-1-3-14(4-2-13)16(22)10-20-7-5-15(6-8-20)21-12-18-11-19-21/h1-4,11-12,15-16,22H,5-8,10H2. The second-order valence-corrected chi connectivity index (χ2v) is 5.66. The summed E-state index contributed by atoms with van der Waals surface area (Å²) < 4.78 is 1.92. The van der Waals surface area contributed by atoms with Crippen LogP contribution in [-0.4, -0.2) is 44.4 Å². The molecule has 0 saturated carbocycles. The highest BCUT2D eigenvalue weighted by atomic mass is 16.3. The van der Waals surface area contributed by atoms with Crippen LogP contribution in [0.5, 0.6) is 0 Å². The molecule has 0 bridgehead atoms. The van der Waals surface area contributed by atoms with Crippen molar-refractivity contribution in [1.82, 2.24) is 19.7 Å². The van der Waals surface area contributed by atoms with E-state index in [-0.39, 0.29) is 0 Å². The number of aliphatic hydroxyl groups excluding tert-OH is 1. The van der Waals surface area contributed by atoms with E-state index in [4.69, 9.17) is 5.26 Å². The van der Waals surface area contributed by atoms with E-state index >= 15 is 0 Å². The molecule has 0 amide bonds. The molecule has 2 aromatic rings. The quantitative estimate of drug-likeness (QED) is 0.925. The molecule has 114 valence electrons. The van der Waals surface area contributed by atoms with E-state index in [1.165, 1.54) is 0 Å². The van der Waals surface area contributed by atoms with Crippen molar-refractivity contribution in [3.63, 3.8) is 0 Å². The van der Waals surface area contributed by atoms with Gasteiger partial charge in [-0.25, -0.2) is 9.67 Å². The Balaban J connectivity index is 1.52. The molecule has 3 rings (SSSR count). The van der Waals surface area contributed by atoms with Crippen molar-refractivity contribution in [2.45, 2.75) is 25.0 Å². The maximum atomic E-state index is 10.3. The van der Waals surface area contributed by atoms with Gasteiger partial charge in [0.05, 0.1) is 23.8 Å². The topological polar surface area (TPSA) is 78.0 Å². The Bertz CT molecular complexity index is 624. The summed E-state index contributed by atoms with van der Waals surface area (Å²) in [4.78, 5) is 6.27. The van der Waals surface area contributed by atoms with Crippen LogP contribution >= 0.6 is 0 Å². The summed E-state index contributed by atoms with van der Waals surface area (Å²) in [7, 11) is 0. The van der Waals surface area contributed by atoms with Crippen LogP contribution in [0.25, 0.3) is 0 Å². The maximum absolute atomic E-state index is 10.3. The van der Waals surface area contributed by atoms with Crippen LogP contribution < -0.4 is 0 Å². The van der Waals surface area contributed by atoms with Crippen LogP contribution in [0.1, 0.15) is 36.1 Å². The molecule has 2 heterocycles. The van der Waals surface area contributed by atoms with Gasteiger partial charge in [-0.05, 0) is 30.5 Å². The molecule has 22 heavy (non-hydrogen) atoms. The van der Waals surface area contributed by atoms with E-state index in [0.29, 0.717) is 18.2 Å². The van der Waals surface area contributed by atoms with Crippen molar-refractivity contribution in [1.29, 1.82) is 5.26 Å². The molecule has 1 aromatic heterocycles. The van der Waals surface area contributed by atoms with Gasteiger partial charge in [0.2, 0.25) is 0 Å². The largest absolute Gasteiger partial charge is 0.387 e. The molecule has 6 nitrogen and oxygen atoms in total. The Morgan fingerprint density at radius 2 is 2.00 bits per heavy atom. The molecule has 0 radical (unpaired) electrons. The number of likely N-dealkylation sites (tertiary alicyclic amines) is 1. The number of nitrogens with zero attached hydrogens (tertiary/aromatic N) is 5. The normalized spacial score (nSPS) is 18.0. The fraction of sp³-hybridized carbons (Fsp3) is 0.438. The first-order valence-corrected chi connectivity index (χ1v) is 7.51. The summed E-state index contributed by atoms with van der Waals surface area (Å²) in [5.74, 6) is 0. The molecular formula is C16H19N5O. The molecule has 1 aromatic carbocycles. The molecule has 1 N–H and O–H groups in total. The molecule has 1 aliphatic rings. The van der Waals surface area contributed by atoms with E-state index in [0.717, 1.165) is 31.5 Å². The molecule has 0 aliphatic carbocycles. The maximum Gasteiger partial charge on any atom is 0.137 e. The number of hydrogen-bond donors (Lipinski definition) is 1. The van der Waals surface area contributed by atoms with Crippen molar-refractivity contribution in [2.75, 3.05) is 19.6 Å². The number of aliphatic hydroxyl groups is 1. The average Bonchev–Trinajstić information content (AvgIpc) is 3.10. The molecule has 1 atom stereocenters. The third-order valence-electron chi connectivity index (χ3n) is 4.22. The molecule has 1 fully saturated rings. The molecule has 1 saturated heterocycles. The van der Waals surface area contributed by atoms with Gasteiger partial charge in [0.25, 0.3) is 0 Å². The van der Waals surface area contributed by atoms with Crippen molar-refractivity contribution in [2.24, 2.45) is 0 Å². The predicted molar refractivity (Wildman–Crippen MR) is 80.8 cm³/mol. The fourth-order valence-electron chi connectivity index (χ4n) is 2.90. The Kier molecular flexibility index (Phi) is 4.47. The molecule has 1 unspecified atom stereocenters. The smallest absolute Gasteiger partial charge is 0.137 e. The number of piperidine rings is 1. The van der Waals surface area contributed by atoms with Gasteiger partial charge >= 0.3 is 0 Å². The number of benzene rings is 1. The minimum absolute atomic E-state index is 0.408. The van der Waals surface area contributed by atoms with Crippen molar-refractivity contribution in [3.8, 4) is 6.07 Å². The summed E-state index contributed by atoms with van der Waals surface area (Å²) in [6, 6.07) is 9.64. The van der Waals surface area contributed by atoms with E-state index < -0.39 is 6.10 Å². The van der Waals surface area contributed by atoms with Crippen LogP contribution in [0, 0.1) is 11.3 Å². The van der Waals surface area contributed by atoms with Crippen LogP contribution in [0.2, 0.25) is 0 Å². The lowest BCUT2D eigenvalue weighted by Gasteiger charge is -2.33. The number of nitriles is 1. The van der Waals surface area contributed by atoms with Gasteiger partial charge in [-0.1, -0.05) is 12.1 Å². The van der Waals surface area contributed by atoms with Gasteiger partial charge in [-0.15, -0.1) is 0 Å². The SMILES string of the molecule is N#Cc1ccc(C(O)CN2CCC(n3cncn3)CC2)cc1. The number of hydrogen-bond acceptors (Lipinski definition) is 5. The second kappa shape index (κ2) is 6.69. The highest BCUT2D eigenvalue weighted by molar-refractivity contribution is 5.32. The van der Waals surface area contributed by atoms with Crippen molar-refractivity contribution >= 4 is 0 Å². The van der Waals surface area contributed by atoms with Crippen LogP contribution in [0.4, 0.5) is 0 Å². The number of aromatic nitrogens is 3. The van der Waals surface area contributed by atoms with Crippen molar-refractivity contribution in [3.05, 3.63) is 48.0 Å². The minimum atomic E-state index is -0.518. The Hall–Kier alpha value is -2.23. The van der Waals surface area contributed by atoms with Gasteiger partial charge in [0, 0.05) is 19.6 Å². The predicted octanol–water partition coefficient (Wildman–Crippen LogP) is 1.52.